The van der Waals surface area contributed by atoms with Crippen molar-refractivity contribution >= 4 is 5.82 Å². The van der Waals surface area contributed by atoms with Gasteiger partial charge in [-0.2, -0.15) is 0 Å². The van der Waals surface area contributed by atoms with Gasteiger partial charge in [-0.25, -0.2) is 9.97 Å². The highest BCUT2D eigenvalue weighted by atomic mass is 16.5. The first-order valence-electron chi connectivity index (χ1n) is 7.62. The number of nitrogens with zero attached hydrogens (tertiary/aromatic N) is 2. The van der Waals surface area contributed by atoms with Gasteiger partial charge in [0.1, 0.15) is 11.6 Å². The largest absolute Gasteiger partial charge is 0.493 e. The van der Waals surface area contributed by atoms with Crippen molar-refractivity contribution in [3.8, 4) is 17.1 Å². The van der Waals surface area contributed by atoms with Gasteiger partial charge in [-0.15, -0.1) is 0 Å². The zero-order valence-corrected chi connectivity index (χ0v) is 13.0. The van der Waals surface area contributed by atoms with E-state index in [-0.39, 0.29) is 0 Å². The molecule has 0 unspecified atom stereocenters. The standard InChI is InChI=1S/C17H23N3O/c1-4-11-18-16-12-13(5-2)19-17(20-16)14-9-7-8-10-15(14)21-6-3/h7-10,12H,4-6,11H2,1-3H3,(H,18,19,20). The number of aromatic nitrogens is 2. The molecule has 2 aromatic rings. The minimum absolute atomic E-state index is 0.630. The van der Waals surface area contributed by atoms with Gasteiger partial charge in [-0.3, -0.25) is 0 Å². The molecule has 0 amide bonds. The Morgan fingerprint density at radius 1 is 1.10 bits per heavy atom. The quantitative estimate of drug-likeness (QED) is 0.837. The van der Waals surface area contributed by atoms with Crippen LogP contribution in [-0.4, -0.2) is 23.1 Å². The minimum atomic E-state index is 0.630. The van der Waals surface area contributed by atoms with Crippen molar-refractivity contribution in [3.05, 3.63) is 36.0 Å². The van der Waals surface area contributed by atoms with Crippen LogP contribution in [0.3, 0.4) is 0 Å². The number of ether oxygens (including phenoxy) is 1. The fraction of sp³-hybridized carbons (Fsp3) is 0.412. The van der Waals surface area contributed by atoms with E-state index < -0.39 is 0 Å². The van der Waals surface area contributed by atoms with Gasteiger partial charge in [-0.1, -0.05) is 26.0 Å². The molecule has 0 aliphatic carbocycles. The molecule has 0 aliphatic heterocycles. The molecule has 0 saturated carbocycles. The lowest BCUT2D eigenvalue weighted by Gasteiger charge is -2.12. The fourth-order valence-electron chi connectivity index (χ4n) is 2.08. The molecule has 0 spiro atoms. The van der Waals surface area contributed by atoms with E-state index in [1.165, 1.54) is 0 Å². The van der Waals surface area contributed by atoms with Gasteiger partial charge < -0.3 is 10.1 Å². The topological polar surface area (TPSA) is 47.0 Å². The summed E-state index contributed by atoms with van der Waals surface area (Å²) in [6.07, 6.45) is 1.95. The Hall–Kier alpha value is -2.10. The van der Waals surface area contributed by atoms with Crippen molar-refractivity contribution in [1.29, 1.82) is 0 Å². The van der Waals surface area contributed by atoms with Crippen molar-refractivity contribution in [2.24, 2.45) is 0 Å². The number of rotatable bonds is 7. The molecule has 1 aromatic heterocycles. The first-order valence-corrected chi connectivity index (χ1v) is 7.62. The van der Waals surface area contributed by atoms with Gasteiger partial charge in [0, 0.05) is 18.3 Å². The number of aryl methyl sites for hydroxylation is 1. The van der Waals surface area contributed by atoms with E-state index in [1.54, 1.807) is 0 Å². The van der Waals surface area contributed by atoms with Crippen LogP contribution < -0.4 is 10.1 Å². The number of anilines is 1. The van der Waals surface area contributed by atoms with Crippen LogP contribution in [0.5, 0.6) is 5.75 Å². The lowest BCUT2D eigenvalue weighted by Crippen LogP contribution is -2.06. The zero-order valence-electron chi connectivity index (χ0n) is 13.0. The Morgan fingerprint density at radius 2 is 1.90 bits per heavy atom. The lowest BCUT2D eigenvalue weighted by molar-refractivity contribution is 0.341. The third-order valence-electron chi connectivity index (χ3n) is 3.13. The maximum absolute atomic E-state index is 5.69. The van der Waals surface area contributed by atoms with Crippen LogP contribution in [0.4, 0.5) is 5.82 Å². The molecule has 0 atom stereocenters. The molecule has 0 fully saturated rings. The van der Waals surface area contributed by atoms with Gasteiger partial charge in [0.2, 0.25) is 0 Å². The van der Waals surface area contributed by atoms with Crippen LogP contribution in [0, 0.1) is 0 Å². The van der Waals surface area contributed by atoms with Gasteiger partial charge in [0.25, 0.3) is 0 Å². The van der Waals surface area contributed by atoms with Crippen molar-refractivity contribution in [2.75, 3.05) is 18.5 Å². The van der Waals surface area contributed by atoms with Crippen molar-refractivity contribution < 1.29 is 4.74 Å². The first kappa shape index (κ1) is 15.3. The summed E-state index contributed by atoms with van der Waals surface area (Å²) in [5.74, 6) is 2.43. The highest BCUT2D eigenvalue weighted by Gasteiger charge is 2.11. The van der Waals surface area contributed by atoms with Crippen molar-refractivity contribution in [3.63, 3.8) is 0 Å². The summed E-state index contributed by atoms with van der Waals surface area (Å²) < 4.78 is 5.69. The summed E-state index contributed by atoms with van der Waals surface area (Å²) >= 11 is 0. The second kappa shape index (κ2) is 7.62. The molecule has 21 heavy (non-hydrogen) atoms. The van der Waals surface area contributed by atoms with Crippen LogP contribution in [0.15, 0.2) is 30.3 Å². The van der Waals surface area contributed by atoms with Gasteiger partial charge in [0.15, 0.2) is 5.82 Å². The third kappa shape index (κ3) is 3.94. The van der Waals surface area contributed by atoms with Gasteiger partial charge in [0.05, 0.1) is 12.2 Å². The van der Waals surface area contributed by atoms with Crippen LogP contribution >= 0.6 is 0 Å². The number of nitrogens with one attached hydrogen (secondary N) is 1. The van der Waals surface area contributed by atoms with E-state index in [0.717, 1.165) is 48.0 Å². The molecular formula is C17H23N3O. The Labute approximate surface area is 126 Å². The molecule has 4 nitrogen and oxygen atoms in total. The number of para-hydroxylation sites is 1. The maximum atomic E-state index is 5.69. The second-order valence-corrected chi connectivity index (χ2v) is 4.78. The van der Waals surface area contributed by atoms with Crippen LogP contribution in [0.1, 0.15) is 32.9 Å². The summed E-state index contributed by atoms with van der Waals surface area (Å²) in [7, 11) is 0. The SMILES string of the molecule is CCCNc1cc(CC)nc(-c2ccccc2OCC)n1. The molecule has 1 N–H and O–H groups in total. The van der Waals surface area contributed by atoms with Crippen LogP contribution in [-0.2, 0) is 6.42 Å². The molecule has 4 heteroatoms. The van der Waals surface area contributed by atoms with Gasteiger partial charge >= 0.3 is 0 Å². The number of hydrogen-bond donors (Lipinski definition) is 1. The molecule has 0 bridgehead atoms. The predicted octanol–water partition coefficient (Wildman–Crippen LogP) is 3.93. The van der Waals surface area contributed by atoms with E-state index in [4.69, 9.17) is 4.74 Å². The van der Waals surface area contributed by atoms with Crippen LogP contribution in [0.2, 0.25) is 0 Å². The number of hydrogen-bond acceptors (Lipinski definition) is 4. The van der Waals surface area contributed by atoms with Crippen molar-refractivity contribution in [2.45, 2.75) is 33.6 Å². The Balaban J connectivity index is 2.42. The molecule has 112 valence electrons. The van der Waals surface area contributed by atoms with Crippen LogP contribution in [0.25, 0.3) is 11.4 Å². The maximum Gasteiger partial charge on any atom is 0.165 e. The minimum Gasteiger partial charge on any atom is -0.493 e. The first-order chi connectivity index (χ1) is 10.3. The predicted molar refractivity (Wildman–Crippen MR) is 86.8 cm³/mol. The highest BCUT2D eigenvalue weighted by molar-refractivity contribution is 5.65. The van der Waals surface area contributed by atoms with Crippen molar-refractivity contribution in [1.82, 2.24) is 9.97 Å². The molecule has 0 radical (unpaired) electrons. The molecule has 1 heterocycles. The Morgan fingerprint density at radius 3 is 2.62 bits per heavy atom. The monoisotopic (exact) mass is 285 g/mol. The second-order valence-electron chi connectivity index (χ2n) is 4.78. The summed E-state index contributed by atoms with van der Waals surface area (Å²) in [5, 5.41) is 3.34. The summed E-state index contributed by atoms with van der Waals surface area (Å²) in [6.45, 7) is 7.76. The van der Waals surface area contributed by atoms with E-state index in [9.17, 15) is 0 Å². The Bertz CT molecular complexity index is 584. The molecule has 1 aromatic carbocycles. The summed E-state index contributed by atoms with van der Waals surface area (Å²) in [6, 6.07) is 9.93. The van der Waals surface area contributed by atoms with E-state index in [1.807, 2.05) is 37.3 Å². The summed E-state index contributed by atoms with van der Waals surface area (Å²) in [5.41, 5.74) is 1.97. The number of benzene rings is 1. The van der Waals surface area contributed by atoms with E-state index in [0.29, 0.717) is 6.61 Å². The molecule has 0 saturated heterocycles. The Kier molecular flexibility index (Phi) is 5.55. The normalized spacial score (nSPS) is 10.4. The average molecular weight is 285 g/mol. The van der Waals surface area contributed by atoms with Gasteiger partial charge in [-0.05, 0) is 31.9 Å². The smallest absolute Gasteiger partial charge is 0.165 e. The molecule has 0 aliphatic rings. The molecular weight excluding hydrogens is 262 g/mol. The zero-order chi connectivity index (χ0) is 15.1. The lowest BCUT2D eigenvalue weighted by atomic mass is 10.1. The average Bonchev–Trinajstić information content (AvgIpc) is 2.53. The van der Waals surface area contributed by atoms with E-state index >= 15 is 0 Å². The highest BCUT2D eigenvalue weighted by Crippen LogP contribution is 2.28. The van der Waals surface area contributed by atoms with E-state index in [2.05, 4.69) is 29.1 Å². The third-order valence-corrected chi connectivity index (χ3v) is 3.13. The summed E-state index contributed by atoms with van der Waals surface area (Å²) in [4.78, 5) is 9.27. The fourth-order valence-corrected chi connectivity index (χ4v) is 2.08. The molecule has 2 rings (SSSR count).